The summed E-state index contributed by atoms with van der Waals surface area (Å²) < 4.78 is 11.2. The maximum absolute atomic E-state index is 13.3. The van der Waals surface area contributed by atoms with Gasteiger partial charge in [0.25, 0.3) is 5.91 Å². The molecule has 0 unspecified atom stereocenters. The number of ether oxygens (including phenoxy) is 1. The molecule has 1 amide bonds. The zero-order valence-electron chi connectivity index (χ0n) is 16.7. The van der Waals surface area contributed by atoms with Crippen LogP contribution in [0.25, 0.3) is 21.7 Å². The number of nitrogens with zero attached hydrogens (tertiary/aromatic N) is 5. The van der Waals surface area contributed by atoms with Gasteiger partial charge in [-0.05, 0) is 54.6 Å². The minimum Gasteiger partial charge on any atom is -0.497 e. The highest BCUT2D eigenvalue weighted by Gasteiger charge is 2.33. The summed E-state index contributed by atoms with van der Waals surface area (Å²) in [6, 6.07) is 9.51. The highest BCUT2D eigenvalue weighted by molar-refractivity contribution is 7.13. The molecule has 0 N–H and O–H groups in total. The van der Waals surface area contributed by atoms with Gasteiger partial charge in [0, 0.05) is 17.5 Å². The predicted octanol–water partition coefficient (Wildman–Crippen LogP) is 3.77. The Hall–Kier alpha value is -3.20. The molecule has 0 bridgehead atoms. The zero-order chi connectivity index (χ0) is 20.7. The average Bonchev–Trinajstić information content (AvgIpc) is 3.55. The highest BCUT2D eigenvalue weighted by Crippen LogP contribution is 2.31. The number of likely N-dealkylation sites (tertiary alicyclic amines) is 1. The molecule has 4 aromatic rings. The van der Waals surface area contributed by atoms with E-state index in [9.17, 15) is 4.79 Å². The van der Waals surface area contributed by atoms with Gasteiger partial charge in [-0.2, -0.15) is 4.80 Å². The summed E-state index contributed by atoms with van der Waals surface area (Å²) in [7, 11) is 1.62. The summed E-state index contributed by atoms with van der Waals surface area (Å²) in [6.07, 6.45) is 1.84. The van der Waals surface area contributed by atoms with Crippen molar-refractivity contribution in [3.63, 3.8) is 0 Å². The summed E-state index contributed by atoms with van der Waals surface area (Å²) >= 11 is 1.58. The second kappa shape index (κ2) is 7.56. The van der Waals surface area contributed by atoms with Crippen LogP contribution in [0.5, 0.6) is 5.75 Å². The van der Waals surface area contributed by atoms with E-state index in [2.05, 4.69) is 15.4 Å². The van der Waals surface area contributed by atoms with Gasteiger partial charge in [-0.1, -0.05) is 6.07 Å². The third kappa shape index (κ3) is 3.24. The summed E-state index contributed by atoms with van der Waals surface area (Å²) in [5.74, 6) is 1.64. The molecule has 0 saturated carbocycles. The van der Waals surface area contributed by atoms with Gasteiger partial charge in [0.05, 0.1) is 24.6 Å². The molecule has 5 rings (SSSR count). The Balaban J connectivity index is 1.38. The van der Waals surface area contributed by atoms with Gasteiger partial charge in [-0.25, -0.2) is 0 Å². The number of rotatable bonds is 5. The number of methoxy groups -OCH3 is 1. The van der Waals surface area contributed by atoms with E-state index in [1.54, 1.807) is 23.2 Å². The van der Waals surface area contributed by atoms with Crippen molar-refractivity contribution in [2.75, 3.05) is 13.7 Å². The topological polar surface area (TPSA) is 86.3 Å². The molecule has 8 nitrogen and oxygen atoms in total. The van der Waals surface area contributed by atoms with Crippen LogP contribution < -0.4 is 4.74 Å². The molecule has 1 atom stereocenters. The van der Waals surface area contributed by atoms with E-state index in [-0.39, 0.29) is 11.9 Å². The van der Waals surface area contributed by atoms with Crippen molar-refractivity contribution in [2.45, 2.75) is 32.4 Å². The Morgan fingerprint density at radius 1 is 1.37 bits per heavy atom. The molecular formula is C21H21N5O3S. The fraction of sp³-hybridized carbons (Fsp3) is 0.333. The van der Waals surface area contributed by atoms with Gasteiger partial charge >= 0.3 is 0 Å². The van der Waals surface area contributed by atoms with Gasteiger partial charge in [0.15, 0.2) is 5.76 Å². The van der Waals surface area contributed by atoms with E-state index in [4.69, 9.17) is 9.15 Å². The first-order valence-corrected chi connectivity index (χ1v) is 10.7. The molecule has 1 fully saturated rings. The lowest BCUT2D eigenvalue weighted by atomic mass is 10.1. The lowest BCUT2D eigenvalue weighted by molar-refractivity contribution is 0.0687. The maximum atomic E-state index is 13.3. The molecule has 1 aliphatic heterocycles. The molecule has 0 spiro atoms. The Bertz CT molecular complexity index is 1200. The fourth-order valence-corrected chi connectivity index (χ4v) is 4.62. The van der Waals surface area contributed by atoms with E-state index in [1.165, 1.54) is 0 Å². The van der Waals surface area contributed by atoms with E-state index in [0.717, 1.165) is 34.4 Å². The monoisotopic (exact) mass is 423 g/mol. The fourth-order valence-electron chi connectivity index (χ4n) is 3.97. The SMILES string of the molecule is COc1ccc2oc(C(=O)N3CCC[C@@H]3Cn3nnc(-c4cccs4)n3)c(C)c2c1. The highest BCUT2D eigenvalue weighted by atomic mass is 32.1. The van der Waals surface area contributed by atoms with Crippen molar-refractivity contribution in [2.24, 2.45) is 0 Å². The van der Waals surface area contributed by atoms with Crippen LogP contribution in [0.15, 0.2) is 40.1 Å². The standard InChI is InChI=1S/C21H21N5O3S/c1-13-16-11-15(28-2)7-8-17(16)29-19(13)21(27)25-9-3-5-14(25)12-26-23-20(22-24-26)18-6-4-10-30-18/h4,6-8,10-11,14H,3,5,9,12H2,1-2H3/t14-/m1/s1. The van der Waals surface area contributed by atoms with Crippen molar-refractivity contribution in [1.82, 2.24) is 25.1 Å². The Morgan fingerprint density at radius 3 is 3.07 bits per heavy atom. The molecule has 0 radical (unpaired) electrons. The molecule has 1 aliphatic rings. The molecule has 4 heterocycles. The lowest BCUT2D eigenvalue weighted by Crippen LogP contribution is -2.38. The van der Waals surface area contributed by atoms with Crippen LogP contribution in [0.2, 0.25) is 0 Å². The zero-order valence-corrected chi connectivity index (χ0v) is 17.6. The molecule has 1 saturated heterocycles. The van der Waals surface area contributed by atoms with Crippen molar-refractivity contribution < 1.29 is 13.9 Å². The number of furan rings is 1. The number of carbonyl (C=O) groups is 1. The van der Waals surface area contributed by atoms with Crippen molar-refractivity contribution >= 4 is 28.2 Å². The molecule has 0 aliphatic carbocycles. The summed E-state index contributed by atoms with van der Waals surface area (Å²) in [5, 5.41) is 15.7. The predicted molar refractivity (Wildman–Crippen MR) is 113 cm³/mol. The van der Waals surface area contributed by atoms with Crippen LogP contribution >= 0.6 is 11.3 Å². The third-order valence-corrected chi connectivity index (χ3v) is 6.41. The Kier molecular flexibility index (Phi) is 4.74. The summed E-state index contributed by atoms with van der Waals surface area (Å²) in [5.41, 5.74) is 1.52. The van der Waals surface area contributed by atoms with Crippen LogP contribution in [0.3, 0.4) is 0 Å². The number of amides is 1. The summed E-state index contributed by atoms with van der Waals surface area (Å²) in [4.78, 5) is 17.8. The number of benzene rings is 1. The first-order valence-electron chi connectivity index (χ1n) is 9.84. The van der Waals surface area contributed by atoms with E-state index >= 15 is 0 Å². The maximum Gasteiger partial charge on any atom is 0.290 e. The molecule has 1 aromatic carbocycles. The number of aryl methyl sites for hydroxylation is 1. The van der Waals surface area contributed by atoms with Crippen molar-refractivity contribution in [3.05, 3.63) is 47.0 Å². The van der Waals surface area contributed by atoms with Crippen molar-refractivity contribution in [3.8, 4) is 16.5 Å². The summed E-state index contributed by atoms with van der Waals surface area (Å²) in [6.45, 7) is 3.11. The number of hydrogen-bond donors (Lipinski definition) is 0. The number of thiophene rings is 1. The van der Waals surface area contributed by atoms with E-state index in [1.807, 2.05) is 47.5 Å². The second-order valence-corrected chi connectivity index (χ2v) is 8.31. The van der Waals surface area contributed by atoms with E-state index < -0.39 is 0 Å². The molecule has 30 heavy (non-hydrogen) atoms. The van der Waals surface area contributed by atoms with Crippen LogP contribution in [0.1, 0.15) is 29.0 Å². The lowest BCUT2D eigenvalue weighted by Gasteiger charge is -2.23. The smallest absolute Gasteiger partial charge is 0.290 e. The molecular weight excluding hydrogens is 402 g/mol. The molecule has 3 aromatic heterocycles. The van der Waals surface area contributed by atoms with Gasteiger partial charge in [0.2, 0.25) is 5.82 Å². The van der Waals surface area contributed by atoms with Crippen LogP contribution in [-0.4, -0.2) is 50.7 Å². The van der Waals surface area contributed by atoms with Crippen LogP contribution in [0, 0.1) is 6.92 Å². The minimum atomic E-state index is -0.0937. The largest absolute Gasteiger partial charge is 0.497 e. The number of carbonyl (C=O) groups excluding carboxylic acids is 1. The average molecular weight is 423 g/mol. The van der Waals surface area contributed by atoms with E-state index in [0.29, 0.717) is 30.3 Å². The van der Waals surface area contributed by atoms with Gasteiger partial charge in [-0.3, -0.25) is 4.79 Å². The number of fused-ring (bicyclic) bond motifs is 1. The molecule has 154 valence electrons. The number of aromatic nitrogens is 4. The second-order valence-electron chi connectivity index (χ2n) is 7.36. The Morgan fingerprint density at radius 2 is 2.27 bits per heavy atom. The van der Waals surface area contributed by atoms with Crippen molar-refractivity contribution in [1.29, 1.82) is 0 Å². The quantitative estimate of drug-likeness (QED) is 0.486. The third-order valence-electron chi connectivity index (χ3n) is 5.54. The first kappa shape index (κ1) is 18.8. The minimum absolute atomic E-state index is 0.00466. The van der Waals surface area contributed by atoms with Gasteiger partial charge in [-0.15, -0.1) is 21.5 Å². The van der Waals surface area contributed by atoms with Crippen LogP contribution in [-0.2, 0) is 6.54 Å². The van der Waals surface area contributed by atoms with Crippen LogP contribution in [0.4, 0.5) is 0 Å². The van der Waals surface area contributed by atoms with Gasteiger partial charge < -0.3 is 14.1 Å². The Labute approximate surface area is 177 Å². The first-order chi connectivity index (χ1) is 14.6. The normalized spacial score (nSPS) is 16.5. The number of hydrogen-bond acceptors (Lipinski definition) is 7. The number of tetrazole rings is 1. The molecule has 9 heteroatoms. The van der Waals surface area contributed by atoms with Gasteiger partial charge in [0.1, 0.15) is 11.3 Å².